The number of thiazole rings is 1. The molecule has 0 aromatic carbocycles. The number of hydrogen-bond acceptors (Lipinski definition) is 7. The standard InChI is InChI=1S/C38H67NO4S2Si2/c1-26-19-18-20-27(2)35(43-47(16,17)37(9,10)11)29(4)45-38(12,13)33(42-46(14,15)36(6,7)8)24-34(40)41-32(22-21-26)28(3)23-31-25-44-30(5)39-31/h18,20-21,23,25,27,29,32-33,35H,19,22,24H2,1-17H3/b20-18-,26-21-,28-23-/t27-,29+,32-,33-,35-/m0/s1. The molecule has 0 spiro atoms. The lowest BCUT2D eigenvalue weighted by Crippen LogP contribution is -2.52. The quantitative estimate of drug-likeness (QED) is 0.166. The Bertz CT molecular complexity index is 1280. The first-order chi connectivity index (χ1) is 21.3. The molecule has 0 radical (unpaired) electrons. The van der Waals surface area contributed by atoms with Crippen LogP contribution in [0.1, 0.15) is 113 Å². The highest BCUT2D eigenvalue weighted by Gasteiger charge is 2.47. The summed E-state index contributed by atoms with van der Waals surface area (Å²) in [5, 5.41) is 3.35. The third-order valence-electron chi connectivity index (χ3n) is 10.4. The second-order valence-electron chi connectivity index (χ2n) is 17.3. The summed E-state index contributed by atoms with van der Waals surface area (Å²) in [6.07, 6.45) is 9.91. The van der Waals surface area contributed by atoms with Gasteiger partial charge in [-0.1, -0.05) is 79.2 Å². The van der Waals surface area contributed by atoms with Crippen molar-refractivity contribution in [3.63, 3.8) is 0 Å². The van der Waals surface area contributed by atoms with Crippen molar-refractivity contribution in [2.24, 2.45) is 5.92 Å². The number of nitrogens with zero attached hydrogens (tertiary/aromatic N) is 1. The molecule has 2 rings (SSSR count). The molecule has 2 heterocycles. The summed E-state index contributed by atoms with van der Waals surface area (Å²) in [5.41, 5.74) is 3.15. The summed E-state index contributed by atoms with van der Waals surface area (Å²) in [6, 6.07) is 0. The lowest BCUT2D eigenvalue weighted by molar-refractivity contribution is -0.149. The van der Waals surface area contributed by atoms with Crippen LogP contribution in [-0.4, -0.2) is 55.9 Å². The minimum atomic E-state index is -2.23. The van der Waals surface area contributed by atoms with E-state index in [1.165, 1.54) is 5.57 Å². The summed E-state index contributed by atoms with van der Waals surface area (Å²) < 4.78 is 20.3. The van der Waals surface area contributed by atoms with E-state index in [-0.39, 0.29) is 56.7 Å². The number of thioether (sulfide) groups is 1. The monoisotopic (exact) mass is 721 g/mol. The number of allylic oxidation sites excluding steroid dienone is 2. The second-order valence-corrected chi connectivity index (χ2v) is 29.9. The summed E-state index contributed by atoms with van der Waals surface area (Å²) in [5.74, 6) is 0.00933. The molecule has 1 aromatic heterocycles. The Morgan fingerprint density at radius 2 is 1.60 bits per heavy atom. The molecule has 47 heavy (non-hydrogen) atoms. The van der Waals surface area contributed by atoms with E-state index >= 15 is 0 Å². The van der Waals surface area contributed by atoms with Crippen molar-refractivity contribution in [2.45, 2.75) is 174 Å². The maximum atomic E-state index is 14.0. The van der Waals surface area contributed by atoms with Gasteiger partial charge in [0.25, 0.3) is 0 Å². The van der Waals surface area contributed by atoms with E-state index < -0.39 is 16.6 Å². The van der Waals surface area contributed by atoms with E-state index in [0.717, 1.165) is 22.7 Å². The molecule has 0 amide bonds. The topological polar surface area (TPSA) is 57.7 Å². The second kappa shape index (κ2) is 16.4. The largest absolute Gasteiger partial charge is 0.457 e. The Kier molecular flexibility index (Phi) is 14.7. The predicted octanol–water partition coefficient (Wildman–Crippen LogP) is 11.8. The average molecular weight is 722 g/mol. The average Bonchev–Trinajstić information content (AvgIpc) is 3.30. The summed E-state index contributed by atoms with van der Waals surface area (Å²) in [7, 11) is -4.29. The number of esters is 1. The molecule has 268 valence electrons. The fourth-order valence-electron chi connectivity index (χ4n) is 5.16. The van der Waals surface area contributed by atoms with Gasteiger partial charge in [-0.2, -0.15) is 0 Å². The van der Waals surface area contributed by atoms with Crippen LogP contribution in [0.2, 0.25) is 36.3 Å². The molecule has 5 nitrogen and oxygen atoms in total. The first-order valence-electron chi connectivity index (χ1n) is 17.4. The molecular weight excluding hydrogens is 655 g/mol. The molecule has 0 unspecified atom stereocenters. The van der Waals surface area contributed by atoms with Gasteiger partial charge >= 0.3 is 5.97 Å². The van der Waals surface area contributed by atoms with Crippen LogP contribution in [-0.2, 0) is 18.4 Å². The first kappa shape index (κ1) is 42.2. The van der Waals surface area contributed by atoms with Crippen LogP contribution >= 0.6 is 23.1 Å². The highest BCUT2D eigenvalue weighted by molar-refractivity contribution is 8.01. The van der Waals surface area contributed by atoms with Gasteiger partial charge in [-0.3, -0.25) is 4.79 Å². The molecule has 0 N–H and O–H groups in total. The number of aryl methyl sites for hydroxylation is 1. The summed E-state index contributed by atoms with van der Waals surface area (Å²) >= 11 is 3.52. The lowest BCUT2D eigenvalue weighted by atomic mass is 9.99. The van der Waals surface area contributed by atoms with Gasteiger partial charge < -0.3 is 13.6 Å². The van der Waals surface area contributed by atoms with Crippen molar-refractivity contribution in [3.8, 4) is 0 Å². The van der Waals surface area contributed by atoms with Crippen molar-refractivity contribution >= 4 is 51.8 Å². The highest BCUT2D eigenvalue weighted by Crippen LogP contribution is 2.45. The molecule has 1 aromatic rings. The van der Waals surface area contributed by atoms with Crippen LogP contribution < -0.4 is 0 Å². The van der Waals surface area contributed by atoms with E-state index in [1.54, 1.807) is 11.3 Å². The summed E-state index contributed by atoms with van der Waals surface area (Å²) in [4.78, 5) is 18.6. The van der Waals surface area contributed by atoms with E-state index in [1.807, 2.05) is 25.6 Å². The number of hydrogen-bond donors (Lipinski definition) is 0. The molecule has 5 atom stereocenters. The minimum Gasteiger partial charge on any atom is -0.457 e. The zero-order chi connectivity index (χ0) is 36.2. The van der Waals surface area contributed by atoms with Crippen LogP contribution in [0, 0.1) is 12.8 Å². The molecule has 0 bridgehead atoms. The van der Waals surface area contributed by atoms with Crippen LogP contribution in [0.15, 0.2) is 34.8 Å². The number of rotatable bonds is 6. The van der Waals surface area contributed by atoms with E-state index in [0.29, 0.717) is 6.42 Å². The molecule has 0 saturated heterocycles. The Balaban J connectivity index is 2.63. The van der Waals surface area contributed by atoms with E-state index in [9.17, 15) is 4.79 Å². The Morgan fingerprint density at radius 3 is 2.13 bits per heavy atom. The van der Waals surface area contributed by atoms with Crippen LogP contribution in [0.3, 0.4) is 0 Å². The van der Waals surface area contributed by atoms with Crippen molar-refractivity contribution in [1.29, 1.82) is 0 Å². The van der Waals surface area contributed by atoms with Gasteiger partial charge in [0, 0.05) is 27.7 Å². The fourth-order valence-corrected chi connectivity index (χ4v) is 10.5. The van der Waals surface area contributed by atoms with E-state index in [4.69, 9.17) is 13.6 Å². The smallest absolute Gasteiger partial charge is 0.309 e. The zero-order valence-corrected chi connectivity index (χ0v) is 36.4. The maximum absolute atomic E-state index is 14.0. The van der Waals surface area contributed by atoms with Gasteiger partial charge in [-0.25, -0.2) is 4.98 Å². The Labute approximate surface area is 299 Å². The van der Waals surface area contributed by atoms with Crippen LogP contribution in [0.4, 0.5) is 0 Å². The lowest BCUT2D eigenvalue weighted by Gasteiger charge is -2.46. The van der Waals surface area contributed by atoms with Gasteiger partial charge in [0.05, 0.1) is 29.3 Å². The molecule has 9 heteroatoms. The van der Waals surface area contributed by atoms with Gasteiger partial charge in [-0.05, 0) is 89.0 Å². The highest BCUT2D eigenvalue weighted by atomic mass is 32.2. The van der Waals surface area contributed by atoms with Gasteiger partial charge in [0.2, 0.25) is 0 Å². The third kappa shape index (κ3) is 12.4. The molecule has 1 aliphatic heterocycles. The molecular formula is C38H67NO4S2Si2. The number of ether oxygens (including phenoxy) is 1. The Morgan fingerprint density at radius 1 is 1.02 bits per heavy atom. The van der Waals surface area contributed by atoms with Crippen LogP contribution in [0.25, 0.3) is 6.08 Å². The Hall–Kier alpha value is -0.976. The van der Waals surface area contributed by atoms with Crippen molar-refractivity contribution in [3.05, 3.63) is 45.5 Å². The summed E-state index contributed by atoms with van der Waals surface area (Å²) in [6.45, 7) is 38.2. The van der Waals surface area contributed by atoms with Gasteiger partial charge in [-0.15, -0.1) is 23.1 Å². The number of cyclic esters (lactones) is 1. The van der Waals surface area contributed by atoms with Crippen molar-refractivity contribution in [1.82, 2.24) is 4.98 Å². The number of aromatic nitrogens is 1. The molecule has 0 fully saturated rings. The number of carbonyl (C=O) groups excluding carboxylic acids is 1. The molecule has 1 aliphatic rings. The van der Waals surface area contributed by atoms with Crippen molar-refractivity contribution < 1.29 is 18.4 Å². The minimum absolute atomic E-state index is 0.00164. The molecule has 0 aliphatic carbocycles. The SMILES string of the molecule is C/C1=C/C[C@@H](/C(C)=C\c2csc(C)n2)OC(=O)C[C@H](O[Si](C)(C)C(C)(C)C)C(C)(C)S[C@H](C)[C@@H](O[Si](C)(C)C(C)(C)C)[C@@H](C)/C=C\C1. The molecule has 0 saturated carbocycles. The van der Waals surface area contributed by atoms with Crippen LogP contribution in [0.5, 0.6) is 0 Å². The van der Waals surface area contributed by atoms with E-state index in [2.05, 4.69) is 137 Å². The number of carbonyl (C=O) groups is 1. The third-order valence-corrected chi connectivity index (χ3v) is 21.7. The normalized spacial score (nSPS) is 28.4. The predicted molar refractivity (Wildman–Crippen MR) is 212 cm³/mol. The maximum Gasteiger partial charge on any atom is 0.309 e. The zero-order valence-electron chi connectivity index (χ0n) is 32.8. The van der Waals surface area contributed by atoms with Gasteiger partial charge in [0.15, 0.2) is 16.6 Å². The van der Waals surface area contributed by atoms with Gasteiger partial charge in [0.1, 0.15) is 6.10 Å². The fraction of sp³-hybridized carbons (Fsp3) is 0.737. The first-order valence-corrected chi connectivity index (χ1v) is 25.0. The van der Waals surface area contributed by atoms with Crippen molar-refractivity contribution in [2.75, 3.05) is 0 Å².